The van der Waals surface area contributed by atoms with Gasteiger partial charge in [-0.25, -0.2) is 10.2 Å². The van der Waals surface area contributed by atoms with Crippen LogP contribution in [0.3, 0.4) is 0 Å². The molecule has 17 heteroatoms. The van der Waals surface area contributed by atoms with E-state index in [4.69, 9.17) is 17.3 Å². The highest BCUT2D eigenvalue weighted by atomic mass is 32.2. The van der Waals surface area contributed by atoms with E-state index >= 15 is 0 Å². The van der Waals surface area contributed by atoms with E-state index in [0.717, 1.165) is 6.07 Å². The van der Waals surface area contributed by atoms with Crippen molar-refractivity contribution in [1.29, 1.82) is 0 Å². The van der Waals surface area contributed by atoms with Gasteiger partial charge >= 0.3 is 13.6 Å². The molecule has 0 saturated carbocycles. The van der Waals surface area contributed by atoms with E-state index in [2.05, 4.69) is 10.2 Å². The Bertz CT molecular complexity index is 1380. The largest absolute Gasteiger partial charge is 0.433 e. The number of nitro groups is 1. The fourth-order valence-corrected chi connectivity index (χ4v) is 6.08. The maximum Gasteiger partial charge on any atom is 0.433 e. The molecule has 0 amide bonds. The summed E-state index contributed by atoms with van der Waals surface area (Å²) in [6.45, 7) is -1.83. The summed E-state index contributed by atoms with van der Waals surface area (Å²) in [6, 6.07) is 17.1. The van der Waals surface area contributed by atoms with E-state index in [0.29, 0.717) is 0 Å². The van der Waals surface area contributed by atoms with Gasteiger partial charge in [-0.05, 0) is 30.3 Å². The van der Waals surface area contributed by atoms with Gasteiger partial charge in [0.05, 0.1) is 29.1 Å². The minimum absolute atomic E-state index is 0.00802. The lowest BCUT2D eigenvalue weighted by atomic mass is 10.4. The zero-order valence-electron chi connectivity index (χ0n) is 19.7. The van der Waals surface area contributed by atoms with Crippen LogP contribution in [0.2, 0.25) is 0 Å². The van der Waals surface area contributed by atoms with Crippen molar-refractivity contribution >= 4 is 33.8 Å². The summed E-state index contributed by atoms with van der Waals surface area (Å²) in [5.74, 6) is -0.551. The number of furan rings is 1. The van der Waals surface area contributed by atoms with E-state index in [1.807, 2.05) is 0 Å². The zero-order chi connectivity index (χ0) is 27.7. The second-order valence-corrected chi connectivity index (χ2v) is 12.5. The molecule has 0 aliphatic heterocycles. The molecule has 2 aromatic carbocycles. The average Bonchev–Trinajstić information content (AvgIpc) is 3.39. The third kappa shape index (κ3) is 8.82. The average molecular weight is 590 g/mol. The van der Waals surface area contributed by atoms with Gasteiger partial charge < -0.3 is 4.42 Å². The molecule has 0 aliphatic carbocycles. The molecule has 0 atom stereocenters. The number of hydrogen-bond donors (Lipinski definition) is 2. The normalized spacial score (nSPS) is 12.4. The Balaban J connectivity index is 1.58. The van der Waals surface area contributed by atoms with E-state index in [-0.39, 0.29) is 28.6 Å². The molecule has 0 saturated heterocycles. The zero-order valence-corrected chi connectivity index (χ0v) is 22.2. The monoisotopic (exact) mass is 589 g/mol. The second-order valence-electron chi connectivity index (χ2n) is 7.32. The van der Waals surface area contributed by atoms with Crippen LogP contribution in [0.1, 0.15) is 5.76 Å². The molecule has 0 fully saturated rings. The Morgan fingerprint density at radius 2 is 1.26 bits per heavy atom. The molecule has 0 unspecified atom stereocenters. The van der Waals surface area contributed by atoms with Gasteiger partial charge in [-0.15, -0.1) is 0 Å². The van der Waals surface area contributed by atoms with Crippen molar-refractivity contribution in [2.24, 2.45) is 0 Å². The molecule has 3 rings (SSSR count). The van der Waals surface area contributed by atoms with Crippen LogP contribution in [-0.4, -0.2) is 48.1 Å². The molecular weight excluding hydrogens is 565 g/mol. The van der Waals surface area contributed by atoms with Crippen LogP contribution >= 0.6 is 7.67 Å². The van der Waals surface area contributed by atoms with Crippen LogP contribution in [0, 0.1) is 10.1 Å². The maximum atomic E-state index is 13.3. The first kappa shape index (κ1) is 29.6. The number of rotatable bonds is 16. The molecule has 2 N–H and O–H groups in total. The summed E-state index contributed by atoms with van der Waals surface area (Å²) in [4.78, 5) is 9.92. The van der Waals surface area contributed by atoms with Crippen LogP contribution < -0.4 is 10.2 Å². The molecule has 0 aliphatic rings. The smallest absolute Gasteiger partial charge is 0.403 e. The summed E-state index contributed by atoms with van der Waals surface area (Å²) in [6.07, 6.45) is 0. The fraction of sp³-hybridized carbons (Fsp3) is 0.238. The van der Waals surface area contributed by atoms with Gasteiger partial charge in [0.15, 0.2) is 0 Å². The lowest BCUT2D eigenvalue weighted by Crippen LogP contribution is -2.30. The fourth-order valence-electron chi connectivity index (χ4n) is 2.84. The minimum Gasteiger partial charge on any atom is -0.403 e. The summed E-state index contributed by atoms with van der Waals surface area (Å²) in [7, 11) is -12.1. The second kappa shape index (κ2) is 13.2. The molecule has 38 heavy (non-hydrogen) atoms. The highest BCUT2D eigenvalue weighted by molar-refractivity contribution is 7.87. The topological polar surface area (TPSA) is 193 Å². The van der Waals surface area contributed by atoms with Gasteiger partial charge in [0.2, 0.25) is 0 Å². The summed E-state index contributed by atoms with van der Waals surface area (Å²) >= 11 is 0. The van der Waals surface area contributed by atoms with Crippen molar-refractivity contribution in [3.05, 3.63) is 88.7 Å². The van der Waals surface area contributed by atoms with Crippen LogP contribution in [-0.2, 0) is 44.3 Å². The van der Waals surface area contributed by atoms with Crippen LogP contribution in [0.25, 0.3) is 0 Å². The van der Waals surface area contributed by atoms with Crippen LogP contribution in [0.5, 0.6) is 0 Å². The predicted octanol–water partition coefficient (Wildman–Crippen LogP) is 2.80. The highest BCUT2D eigenvalue weighted by Crippen LogP contribution is 2.38. The third-order valence-corrected chi connectivity index (χ3v) is 9.03. The quantitative estimate of drug-likeness (QED) is 0.0815. The van der Waals surface area contributed by atoms with Gasteiger partial charge in [0.1, 0.15) is 17.3 Å². The van der Waals surface area contributed by atoms with Crippen molar-refractivity contribution in [2.45, 2.75) is 16.4 Å². The van der Waals surface area contributed by atoms with Crippen molar-refractivity contribution in [1.82, 2.24) is 10.2 Å². The molecule has 0 spiro atoms. The predicted molar refractivity (Wildman–Crippen MR) is 133 cm³/mol. The summed E-state index contributed by atoms with van der Waals surface area (Å²) in [5, 5.41) is 15.8. The Kier molecular flexibility index (Phi) is 10.3. The maximum absolute atomic E-state index is 13.3. The molecule has 0 radical (unpaired) electrons. The lowest BCUT2D eigenvalue weighted by Gasteiger charge is -2.20. The first-order valence-corrected chi connectivity index (χ1v) is 15.3. The summed E-state index contributed by atoms with van der Waals surface area (Å²) < 4.78 is 82.4. The van der Waals surface area contributed by atoms with Gasteiger partial charge in [-0.3, -0.25) is 27.6 Å². The molecular formula is C21H24N3O11PS2. The number of nitrogens with one attached hydrogen (secondary N) is 2. The Hall–Kier alpha value is -2.95. The van der Waals surface area contributed by atoms with Gasteiger partial charge in [-0.1, -0.05) is 36.4 Å². The molecule has 14 nitrogen and oxygen atoms in total. The van der Waals surface area contributed by atoms with E-state index in [1.165, 1.54) is 54.6 Å². The lowest BCUT2D eigenvalue weighted by molar-refractivity contribution is -0.402. The number of hydrogen-bond acceptors (Lipinski definition) is 11. The van der Waals surface area contributed by atoms with Crippen molar-refractivity contribution < 1.29 is 43.6 Å². The first-order valence-electron chi connectivity index (χ1n) is 10.9. The first-order chi connectivity index (χ1) is 18.0. The standard InChI is InChI=1S/C21H24N3O11PS2/c25-24(26)21-12-11-18(35-21)17-32-36(27,22-13-15-33-37(28,29)19-7-3-1-4-8-19)23-14-16-34-38(30,31)20-9-5-2-6-10-20/h1-12H,13-17H2,(H2,22,23,27). The van der Waals surface area contributed by atoms with Crippen molar-refractivity contribution in [3.8, 4) is 0 Å². The molecule has 3 aromatic rings. The Morgan fingerprint density at radius 1 is 0.789 bits per heavy atom. The summed E-state index contributed by atoms with van der Waals surface area (Å²) in [5.41, 5.74) is 0. The molecule has 1 aromatic heterocycles. The van der Waals surface area contributed by atoms with Gasteiger partial charge in [-0.2, -0.15) is 16.8 Å². The SMILES string of the molecule is O=[N+]([O-])c1ccc(COP(=O)(NCCOS(=O)(=O)c2ccccc2)NCCOS(=O)(=O)c2ccccc2)o1. The number of nitrogens with zero attached hydrogens (tertiary/aromatic N) is 1. The third-order valence-electron chi connectivity index (χ3n) is 4.60. The van der Waals surface area contributed by atoms with Crippen molar-refractivity contribution in [3.63, 3.8) is 0 Å². The molecule has 0 bridgehead atoms. The van der Waals surface area contributed by atoms with E-state index in [1.54, 1.807) is 12.1 Å². The minimum atomic E-state index is -4.06. The van der Waals surface area contributed by atoms with Crippen LogP contribution in [0.4, 0.5) is 5.88 Å². The molecule has 1 heterocycles. The van der Waals surface area contributed by atoms with Crippen LogP contribution in [0.15, 0.2) is 87.0 Å². The van der Waals surface area contributed by atoms with E-state index < -0.39 is 58.5 Å². The highest BCUT2D eigenvalue weighted by Gasteiger charge is 2.25. The molecule has 206 valence electrons. The van der Waals surface area contributed by atoms with Gasteiger partial charge in [0.25, 0.3) is 20.2 Å². The number of benzene rings is 2. The van der Waals surface area contributed by atoms with E-state index in [9.17, 15) is 31.5 Å². The Labute approximate surface area is 218 Å². The van der Waals surface area contributed by atoms with Crippen molar-refractivity contribution in [2.75, 3.05) is 26.3 Å². The van der Waals surface area contributed by atoms with Gasteiger partial charge in [0, 0.05) is 13.1 Å². The Morgan fingerprint density at radius 3 is 1.68 bits per heavy atom.